The summed E-state index contributed by atoms with van der Waals surface area (Å²) in [7, 11) is 1.58. The summed E-state index contributed by atoms with van der Waals surface area (Å²) < 4.78 is 5.10. The summed E-state index contributed by atoms with van der Waals surface area (Å²) in [5.74, 6) is 1.14. The second kappa shape index (κ2) is 4.81. The zero-order valence-corrected chi connectivity index (χ0v) is 11.4. The van der Waals surface area contributed by atoms with Crippen molar-refractivity contribution in [2.24, 2.45) is 0 Å². The third-order valence-corrected chi connectivity index (χ3v) is 3.60. The lowest BCUT2D eigenvalue weighted by Gasteiger charge is -2.25. The molecular weight excluding hydrogens is 248 g/mol. The molecule has 0 saturated heterocycles. The molecule has 0 fully saturated rings. The summed E-state index contributed by atoms with van der Waals surface area (Å²) >= 11 is 1.59. The molecule has 96 valence electrons. The van der Waals surface area contributed by atoms with Crippen LogP contribution in [0.4, 0.5) is 11.5 Å². The van der Waals surface area contributed by atoms with Crippen LogP contribution in [0.2, 0.25) is 0 Å². The topological polar surface area (TPSA) is 73.1 Å². The fourth-order valence-corrected chi connectivity index (χ4v) is 2.27. The molecule has 6 heteroatoms. The minimum absolute atomic E-state index is 0.332. The van der Waals surface area contributed by atoms with Crippen LogP contribution in [-0.2, 0) is 5.54 Å². The first-order valence-corrected chi connectivity index (χ1v) is 6.39. The highest BCUT2D eigenvalue weighted by molar-refractivity contribution is 7.09. The van der Waals surface area contributed by atoms with Crippen molar-refractivity contribution in [3.05, 3.63) is 28.7 Å². The second-order valence-corrected chi connectivity index (χ2v) is 5.27. The Hall–Kier alpha value is -1.82. The van der Waals surface area contributed by atoms with Gasteiger partial charge in [0, 0.05) is 17.6 Å². The van der Waals surface area contributed by atoms with E-state index >= 15 is 0 Å². The summed E-state index contributed by atoms with van der Waals surface area (Å²) in [6.45, 7) is 4.07. The number of hydrogen-bond acceptors (Lipinski definition) is 6. The van der Waals surface area contributed by atoms with Crippen LogP contribution in [0, 0.1) is 0 Å². The standard InChI is InChI=1S/C12H16N4OS/c1-12(2,11-14-6-7-18-11)16-10-8(13)4-5-9(15-10)17-3/h4-7H,13H2,1-3H3,(H,15,16). The molecule has 0 aliphatic rings. The van der Waals surface area contributed by atoms with E-state index < -0.39 is 0 Å². The van der Waals surface area contributed by atoms with E-state index in [2.05, 4.69) is 15.3 Å². The van der Waals surface area contributed by atoms with E-state index in [1.54, 1.807) is 36.8 Å². The van der Waals surface area contributed by atoms with Gasteiger partial charge in [-0.25, -0.2) is 4.98 Å². The average molecular weight is 264 g/mol. The largest absolute Gasteiger partial charge is 0.481 e. The van der Waals surface area contributed by atoms with Crippen molar-refractivity contribution in [3.63, 3.8) is 0 Å². The van der Waals surface area contributed by atoms with Gasteiger partial charge in [0.1, 0.15) is 5.01 Å². The number of hydrogen-bond donors (Lipinski definition) is 2. The Morgan fingerprint density at radius 2 is 2.17 bits per heavy atom. The fraction of sp³-hybridized carbons (Fsp3) is 0.333. The quantitative estimate of drug-likeness (QED) is 0.887. The summed E-state index contributed by atoms with van der Waals surface area (Å²) in [6.07, 6.45) is 1.78. The lowest BCUT2D eigenvalue weighted by atomic mass is 10.1. The maximum absolute atomic E-state index is 5.91. The van der Waals surface area contributed by atoms with Crippen molar-refractivity contribution in [2.75, 3.05) is 18.2 Å². The maximum atomic E-state index is 5.91. The van der Waals surface area contributed by atoms with Crippen LogP contribution in [0.15, 0.2) is 23.7 Å². The summed E-state index contributed by atoms with van der Waals surface area (Å²) in [5.41, 5.74) is 6.16. The van der Waals surface area contributed by atoms with Crippen molar-refractivity contribution >= 4 is 22.8 Å². The van der Waals surface area contributed by atoms with Crippen molar-refractivity contribution in [1.82, 2.24) is 9.97 Å². The molecule has 3 N–H and O–H groups in total. The van der Waals surface area contributed by atoms with Crippen molar-refractivity contribution < 1.29 is 4.74 Å². The van der Waals surface area contributed by atoms with Gasteiger partial charge in [0.05, 0.1) is 18.3 Å². The van der Waals surface area contributed by atoms with Crippen LogP contribution >= 0.6 is 11.3 Å². The number of anilines is 2. The maximum Gasteiger partial charge on any atom is 0.215 e. The van der Waals surface area contributed by atoms with Crippen LogP contribution in [0.3, 0.4) is 0 Å². The number of rotatable bonds is 4. The molecule has 0 radical (unpaired) electrons. The van der Waals surface area contributed by atoms with Crippen LogP contribution in [0.25, 0.3) is 0 Å². The highest BCUT2D eigenvalue weighted by atomic mass is 32.1. The van der Waals surface area contributed by atoms with Crippen LogP contribution in [-0.4, -0.2) is 17.1 Å². The van der Waals surface area contributed by atoms with Gasteiger partial charge in [-0.15, -0.1) is 11.3 Å². The molecule has 2 aromatic rings. The molecule has 0 aromatic carbocycles. The first-order chi connectivity index (χ1) is 8.53. The Balaban J connectivity index is 2.28. The summed E-state index contributed by atoms with van der Waals surface area (Å²) in [5, 5.41) is 6.22. The van der Waals surface area contributed by atoms with Crippen molar-refractivity contribution in [1.29, 1.82) is 0 Å². The molecule has 2 rings (SSSR count). The van der Waals surface area contributed by atoms with Crippen LogP contribution in [0.1, 0.15) is 18.9 Å². The number of pyridine rings is 1. The number of nitrogens with zero attached hydrogens (tertiary/aromatic N) is 2. The molecule has 0 saturated carbocycles. The summed E-state index contributed by atoms with van der Waals surface area (Å²) in [4.78, 5) is 8.62. The Labute approximate surface area is 110 Å². The summed E-state index contributed by atoms with van der Waals surface area (Å²) in [6, 6.07) is 3.50. The number of nitrogens with one attached hydrogen (secondary N) is 1. The van der Waals surface area contributed by atoms with Gasteiger partial charge in [0.25, 0.3) is 0 Å². The van der Waals surface area contributed by atoms with Gasteiger partial charge < -0.3 is 15.8 Å². The van der Waals surface area contributed by atoms with Gasteiger partial charge in [0.2, 0.25) is 5.88 Å². The molecule has 0 aliphatic carbocycles. The van der Waals surface area contributed by atoms with Gasteiger partial charge >= 0.3 is 0 Å². The molecule has 0 spiro atoms. The fourth-order valence-electron chi connectivity index (χ4n) is 1.55. The van der Waals surface area contributed by atoms with E-state index in [0.29, 0.717) is 17.4 Å². The van der Waals surface area contributed by atoms with Crippen LogP contribution in [0.5, 0.6) is 5.88 Å². The number of ether oxygens (including phenoxy) is 1. The zero-order valence-electron chi connectivity index (χ0n) is 10.6. The van der Waals surface area contributed by atoms with Gasteiger partial charge in [-0.2, -0.15) is 4.98 Å². The number of nitrogens with two attached hydrogens (primary N) is 1. The van der Waals surface area contributed by atoms with Gasteiger partial charge in [-0.05, 0) is 19.9 Å². The van der Waals surface area contributed by atoms with E-state index in [1.807, 2.05) is 19.2 Å². The van der Waals surface area contributed by atoms with Gasteiger partial charge in [-0.1, -0.05) is 0 Å². The minimum atomic E-state index is -0.332. The Kier molecular flexibility index (Phi) is 3.38. The minimum Gasteiger partial charge on any atom is -0.481 e. The van der Waals surface area contributed by atoms with Gasteiger partial charge in [0.15, 0.2) is 5.82 Å². The van der Waals surface area contributed by atoms with E-state index in [4.69, 9.17) is 10.5 Å². The molecule has 0 unspecified atom stereocenters. The third kappa shape index (κ3) is 2.53. The van der Waals surface area contributed by atoms with Crippen molar-refractivity contribution in [3.8, 4) is 5.88 Å². The molecule has 2 aromatic heterocycles. The number of aromatic nitrogens is 2. The predicted octanol–water partition coefficient (Wildman–Crippen LogP) is 2.48. The average Bonchev–Trinajstić information content (AvgIpc) is 2.86. The molecule has 5 nitrogen and oxygen atoms in total. The number of methoxy groups -OCH3 is 1. The van der Waals surface area contributed by atoms with E-state index in [9.17, 15) is 0 Å². The van der Waals surface area contributed by atoms with Gasteiger partial charge in [-0.3, -0.25) is 0 Å². The third-order valence-electron chi connectivity index (χ3n) is 2.51. The monoisotopic (exact) mass is 264 g/mol. The molecule has 0 aliphatic heterocycles. The Bertz CT molecular complexity index is 525. The molecule has 2 heterocycles. The SMILES string of the molecule is COc1ccc(N)c(NC(C)(C)c2nccs2)n1. The highest BCUT2D eigenvalue weighted by Gasteiger charge is 2.24. The number of nitrogen functional groups attached to an aromatic ring is 1. The molecular formula is C12H16N4OS. The second-order valence-electron chi connectivity index (χ2n) is 4.38. The first kappa shape index (κ1) is 12.6. The Morgan fingerprint density at radius 1 is 1.39 bits per heavy atom. The molecule has 18 heavy (non-hydrogen) atoms. The van der Waals surface area contributed by atoms with Crippen LogP contribution < -0.4 is 15.8 Å². The molecule has 0 amide bonds. The molecule has 0 atom stereocenters. The Morgan fingerprint density at radius 3 is 2.78 bits per heavy atom. The lowest BCUT2D eigenvalue weighted by molar-refractivity contribution is 0.398. The van der Waals surface area contributed by atoms with E-state index in [-0.39, 0.29) is 5.54 Å². The lowest BCUT2D eigenvalue weighted by Crippen LogP contribution is -2.28. The predicted molar refractivity (Wildman–Crippen MR) is 74.0 cm³/mol. The smallest absolute Gasteiger partial charge is 0.215 e. The van der Waals surface area contributed by atoms with E-state index in [1.165, 1.54) is 0 Å². The normalized spacial score (nSPS) is 11.3. The highest BCUT2D eigenvalue weighted by Crippen LogP contribution is 2.29. The zero-order chi connectivity index (χ0) is 13.2. The first-order valence-electron chi connectivity index (χ1n) is 5.51. The number of thiazole rings is 1. The van der Waals surface area contributed by atoms with Crippen molar-refractivity contribution in [2.45, 2.75) is 19.4 Å². The van der Waals surface area contributed by atoms with E-state index in [0.717, 1.165) is 5.01 Å². The molecule has 0 bridgehead atoms.